The number of aromatic amines is 1. The monoisotopic (exact) mass is 633 g/mol. The van der Waals surface area contributed by atoms with Crippen LogP contribution in [0.1, 0.15) is 95.2 Å². The van der Waals surface area contributed by atoms with Crippen LogP contribution < -0.4 is 0 Å². The molecule has 45 heavy (non-hydrogen) atoms. The number of aromatic nitrogens is 1. The second kappa shape index (κ2) is 7.78. The highest BCUT2D eigenvalue weighted by Gasteiger charge is 2.87. The summed E-state index contributed by atoms with van der Waals surface area (Å²) < 4.78 is 20.4. The number of H-pyrrole nitrogens is 1. The number of fused-ring (bicyclic) bond motifs is 5. The van der Waals surface area contributed by atoms with Crippen molar-refractivity contribution in [1.29, 1.82) is 0 Å². The Hall–Kier alpha value is -1.71. The first-order valence-electron chi connectivity index (χ1n) is 16.9. The lowest BCUT2D eigenvalue weighted by molar-refractivity contribution is -0.281. The molecule has 2 aromatic rings. The molecular weight excluding hydrogens is 590 g/mol. The Kier molecular flexibility index (Phi) is 4.89. The van der Waals surface area contributed by atoms with E-state index in [9.17, 15) is 15.3 Å². The van der Waals surface area contributed by atoms with Crippen LogP contribution in [-0.2, 0) is 31.6 Å². The second-order valence-corrected chi connectivity index (χ2v) is 17.4. The van der Waals surface area contributed by atoms with E-state index in [1.165, 1.54) is 0 Å². The van der Waals surface area contributed by atoms with E-state index in [0.717, 1.165) is 63.7 Å². The van der Waals surface area contributed by atoms with Gasteiger partial charge in [-0.3, -0.25) is 0 Å². The summed E-state index contributed by atoms with van der Waals surface area (Å²) in [5.74, 6) is -0.0241. The van der Waals surface area contributed by atoms with Crippen molar-refractivity contribution >= 4 is 22.5 Å². The largest absolute Gasteiger partial charge is 0.387 e. The minimum atomic E-state index is -1.24. The molecule has 1 aromatic heterocycles. The Morgan fingerprint density at radius 3 is 2.60 bits per heavy atom. The van der Waals surface area contributed by atoms with Gasteiger partial charge in [0.05, 0.1) is 17.8 Å². The maximum absolute atomic E-state index is 13.2. The highest BCUT2D eigenvalue weighted by atomic mass is 35.5. The summed E-state index contributed by atoms with van der Waals surface area (Å²) in [6.45, 7) is 19.2. The van der Waals surface area contributed by atoms with Crippen LogP contribution in [0.5, 0.6) is 0 Å². The maximum Gasteiger partial charge on any atom is 0.153 e. The fourth-order valence-corrected chi connectivity index (χ4v) is 13.2. The predicted octanol–water partition coefficient (Wildman–Crippen LogP) is 5.66. The van der Waals surface area contributed by atoms with Crippen molar-refractivity contribution in [2.45, 2.75) is 131 Å². The molecule has 3 saturated carbocycles. The average molecular weight is 634 g/mol. The van der Waals surface area contributed by atoms with Gasteiger partial charge in [0.25, 0.3) is 0 Å². The minimum absolute atomic E-state index is 0.0254. The molecule has 3 aliphatic heterocycles. The minimum Gasteiger partial charge on any atom is -0.387 e. The molecule has 5 fully saturated rings. The Labute approximate surface area is 269 Å². The van der Waals surface area contributed by atoms with Crippen LogP contribution in [0, 0.1) is 23.2 Å². The van der Waals surface area contributed by atoms with E-state index in [4.69, 9.17) is 25.8 Å². The number of rotatable bonds is 1. The summed E-state index contributed by atoms with van der Waals surface area (Å²) in [6.07, 6.45) is 1.83. The van der Waals surface area contributed by atoms with Gasteiger partial charge in [0.15, 0.2) is 5.60 Å². The first kappa shape index (κ1) is 28.3. The molecule has 1 unspecified atom stereocenters. The van der Waals surface area contributed by atoms with Crippen LogP contribution in [0.2, 0.25) is 5.02 Å². The van der Waals surface area contributed by atoms with E-state index in [0.29, 0.717) is 24.3 Å². The molecule has 10 rings (SSSR count). The quantitative estimate of drug-likeness (QED) is 0.238. The third-order valence-electron chi connectivity index (χ3n) is 15.2. The molecular formula is C37H44ClNO6. The fourth-order valence-electron chi connectivity index (χ4n) is 12.9. The highest BCUT2D eigenvalue weighted by molar-refractivity contribution is 6.32. The number of hydrogen-bond donors (Lipinski definition) is 4. The zero-order valence-electron chi connectivity index (χ0n) is 26.8. The first-order valence-corrected chi connectivity index (χ1v) is 17.3. The molecule has 5 aliphatic carbocycles. The molecule has 0 radical (unpaired) electrons. The zero-order valence-corrected chi connectivity index (χ0v) is 27.6. The van der Waals surface area contributed by atoms with Gasteiger partial charge in [0.1, 0.15) is 29.5 Å². The van der Waals surface area contributed by atoms with Crippen LogP contribution in [-0.4, -0.2) is 61.5 Å². The molecule has 0 bridgehead atoms. The number of aliphatic hydroxyl groups excluding tert-OH is 1. The Bertz CT molecular complexity index is 1800. The summed E-state index contributed by atoms with van der Waals surface area (Å²) in [7, 11) is 0. The Balaban J connectivity index is 1.21. The van der Waals surface area contributed by atoms with E-state index in [1.54, 1.807) is 0 Å². The number of aliphatic hydroxyl groups is 3. The van der Waals surface area contributed by atoms with Crippen LogP contribution >= 0.6 is 11.6 Å². The molecule has 8 heteroatoms. The standard InChI is InChI=1S/C37H44ClNO6/c1-15(2)28-27(40)31-37(45-31)23(43-28)9-10-33(6)34(7)18(8-11-35(33,37)41)29-25-24-21(39-30(25)34)14-20(38)17-12-16(3)19-13-22(32(4,5)44-29)36(19,42)26(17)24/h14,18-19,22-23,27-29,31,39-42H,1,3,8-13H2,2,4-7H3/t18-,19+,22+,23-,27-,28+,29?,31+,33+,34+,35-,36+,37-/m0/s1. The molecule has 2 saturated heterocycles. The van der Waals surface area contributed by atoms with E-state index in [1.807, 2.05) is 13.0 Å². The van der Waals surface area contributed by atoms with Gasteiger partial charge in [-0.25, -0.2) is 0 Å². The summed E-state index contributed by atoms with van der Waals surface area (Å²) in [5.41, 5.74) is 1.86. The lowest BCUT2D eigenvalue weighted by atomic mass is 9.40. The molecule has 240 valence electrons. The van der Waals surface area contributed by atoms with Crippen molar-refractivity contribution < 1.29 is 29.5 Å². The lowest BCUT2D eigenvalue weighted by Gasteiger charge is -2.66. The van der Waals surface area contributed by atoms with E-state index in [2.05, 4.69) is 45.8 Å². The van der Waals surface area contributed by atoms with Gasteiger partial charge in [-0.05, 0) is 82.1 Å². The average Bonchev–Trinajstić information content (AvgIpc) is 3.55. The van der Waals surface area contributed by atoms with Gasteiger partial charge in [-0.1, -0.05) is 44.2 Å². The highest BCUT2D eigenvalue weighted by Crippen LogP contribution is 2.78. The van der Waals surface area contributed by atoms with E-state index in [-0.39, 0.29) is 30.0 Å². The third kappa shape index (κ3) is 2.64. The van der Waals surface area contributed by atoms with Gasteiger partial charge < -0.3 is 34.5 Å². The van der Waals surface area contributed by atoms with Gasteiger partial charge in [-0.15, -0.1) is 0 Å². The van der Waals surface area contributed by atoms with Gasteiger partial charge in [0, 0.05) is 55.8 Å². The Morgan fingerprint density at radius 1 is 1.11 bits per heavy atom. The SMILES string of the molecule is C=C(C)[C@H]1O[C@H]2CC[C@@]3(C)[C@@](O)(CC[C@H]4C5OC(C)(C)[C@H]6C[C@@H]7C(=C)Cc8c(Cl)cc9[nH]c(c5c9c8[C@@]76O)[C@@]43C)[C@]23O[C@@H]3[C@H]1O. The van der Waals surface area contributed by atoms with Gasteiger partial charge >= 0.3 is 0 Å². The van der Waals surface area contributed by atoms with Crippen molar-refractivity contribution in [3.63, 3.8) is 0 Å². The summed E-state index contributed by atoms with van der Waals surface area (Å²) in [4.78, 5) is 3.87. The normalized spacial score (nSPS) is 52.5. The molecule has 1 aromatic carbocycles. The van der Waals surface area contributed by atoms with Crippen molar-refractivity contribution in [3.05, 3.63) is 57.8 Å². The predicted molar refractivity (Wildman–Crippen MR) is 169 cm³/mol. The number of nitrogens with one attached hydrogen (secondary N) is 1. The zero-order chi connectivity index (χ0) is 31.6. The maximum atomic E-state index is 13.2. The molecule has 13 atom stereocenters. The van der Waals surface area contributed by atoms with Crippen molar-refractivity contribution in [2.75, 3.05) is 0 Å². The molecule has 7 nitrogen and oxygen atoms in total. The third-order valence-corrected chi connectivity index (χ3v) is 15.5. The Morgan fingerprint density at radius 2 is 1.87 bits per heavy atom. The lowest BCUT2D eigenvalue weighted by Crippen LogP contribution is -2.76. The van der Waals surface area contributed by atoms with Crippen LogP contribution in [0.4, 0.5) is 0 Å². The molecule has 1 spiro atoms. The van der Waals surface area contributed by atoms with Crippen molar-refractivity contribution in [1.82, 2.24) is 4.98 Å². The van der Waals surface area contributed by atoms with Gasteiger partial charge in [0.2, 0.25) is 0 Å². The van der Waals surface area contributed by atoms with Crippen molar-refractivity contribution in [2.24, 2.45) is 23.2 Å². The fraction of sp³-hybridized carbons (Fsp3) is 0.676. The number of ether oxygens (including phenoxy) is 3. The summed E-state index contributed by atoms with van der Waals surface area (Å²) in [5, 5.41) is 39.1. The van der Waals surface area contributed by atoms with Crippen LogP contribution in [0.15, 0.2) is 30.4 Å². The van der Waals surface area contributed by atoms with E-state index >= 15 is 0 Å². The molecule has 4 N–H and O–H groups in total. The van der Waals surface area contributed by atoms with Gasteiger partial charge in [-0.2, -0.15) is 0 Å². The topological polar surface area (TPSA) is 107 Å². The number of hydrogen-bond acceptors (Lipinski definition) is 6. The first-order chi connectivity index (χ1) is 21.1. The van der Waals surface area contributed by atoms with E-state index < -0.39 is 51.5 Å². The van der Waals surface area contributed by atoms with Crippen LogP contribution in [0.3, 0.4) is 0 Å². The van der Waals surface area contributed by atoms with Crippen LogP contribution in [0.25, 0.3) is 10.9 Å². The summed E-state index contributed by atoms with van der Waals surface area (Å²) in [6, 6.07) is 2.02. The number of halogens is 1. The summed E-state index contributed by atoms with van der Waals surface area (Å²) >= 11 is 7.06. The smallest absolute Gasteiger partial charge is 0.153 e. The number of epoxide rings is 1. The molecule has 4 heterocycles. The van der Waals surface area contributed by atoms with Crippen molar-refractivity contribution in [3.8, 4) is 0 Å². The second-order valence-electron chi connectivity index (χ2n) is 17.0. The molecule has 0 amide bonds. The number of benzene rings is 1. The molecule has 8 aliphatic rings.